The molecule has 0 saturated carbocycles. The Morgan fingerprint density at radius 3 is 2.95 bits per heavy atom. The van der Waals surface area contributed by atoms with Crippen molar-refractivity contribution < 1.29 is 13.9 Å². The van der Waals surface area contributed by atoms with Gasteiger partial charge in [0, 0.05) is 12.6 Å². The molecule has 20 heavy (non-hydrogen) atoms. The summed E-state index contributed by atoms with van der Waals surface area (Å²) in [5.41, 5.74) is 1.32. The summed E-state index contributed by atoms with van der Waals surface area (Å²) in [4.78, 5) is 15.8. The highest BCUT2D eigenvalue weighted by Crippen LogP contribution is 2.23. The zero-order valence-electron chi connectivity index (χ0n) is 10.8. The summed E-state index contributed by atoms with van der Waals surface area (Å²) in [6.07, 6.45) is 0.205. The fraction of sp³-hybridized carbons (Fsp3) is 0.385. The Bertz CT molecular complexity index is 645. The van der Waals surface area contributed by atoms with Crippen LogP contribution in [-0.4, -0.2) is 22.1 Å². The Morgan fingerprint density at radius 2 is 2.30 bits per heavy atom. The maximum atomic E-state index is 13.7. The fourth-order valence-corrected chi connectivity index (χ4v) is 2.61. The van der Waals surface area contributed by atoms with E-state index >= 15 is 0 Å². The number of halogens is 3. The fourth-order valence-electron chi connectivity index (χ4n) is 1.96. The first-order valence-corrected chi connectivity index (χ1v) is 7.73. The zero-order valence-corrected chi connectivity index (χ0v) is 13.7. The normalized spacial score (nSPS) is 11.0. The zero-order chi connectivity index (χ0) is 14.7. The smallest absolute Gasteiger partial charge is 0.307 e. The molecule has 0 fully saturated rings. The van der Waals surface area contributed by atoms with Crippen LogP contribution in [0.5, 0.6) is 0 Å². The summed E-state index contributed by atoms with van der Waals surface area (Å²) in [5.74, 6) is 0.222. The van der Waals surface area contributed by atoms with Crippen molar-refractivity contribution in [3.63, 3.8) is 0 Å². The van der Waals surface area contributed by atoms with Crippen molar-refractivity contribution in [2.45, 2.75) is 25.8 Å². The van der Waals surface area contributed by atoms with Crippen molar-refractivity contribution in [3.8, 4) is 0 Å². The molecule has 0 aliphatic rings. The van der Waals surface area contributed by atoms with E-state index < -0.39 is 0 Å². The van der Waals surface area contributed by atoms with E-state index in [9.17, 15) is 9.18 Å². The van der Waals surface area contributed by atoms with Crippen LogP contribution < -0.4 is 0 Å². The first-order chi connectivity index (χ1) is 9.56. The van der Waals surface area contributed by atoms with Crippen molar-refractivity contribution in [1.29, 1.82) is 0 Å². The molecule has 4 nitrogen and oxygen atoms in total. The molecule has 2 rings (SSSR count). The molecule has 0 saturated heterocycles. The van der Waals surface area contributed by atoms with Gasteiger partial charge < -0.3 is 9.30 Å². The number of fused-ring (bicyclic) bond motifs is 1. The van der Waals surface area contributed by atoms with Crippen molar-refractivity contribution in [1.82, 2.24) is 9.55 Å². The van der Waals surface area contributed by atoms with Gasteiger partial charge in [-0.25, -0.2) is 9.37 Å². The third-order valence-electron chi connectivity index (χ3n) is 2.83. The SMILES string of the molecule is CCOC(=O)CCn1c(CCl)nc2cc(I)c(F)cc21. The molecule has 0 aliphatic carbocycles. The van der Waals surface area contributed by atoms with Crippen LogP contribution in [0.2, 0.25) is 0 Å². The van der Waals surface area contributed by atoms with Crippen LogP contribution in [0.1, 0.15) is 19.2 Å². The van der Waals surface area contributed by atoms with E-state index in [-0.39, 0.29) is 24.1 Å². The molecule has 0 N–H and O–H groups in total. The van der Waals surface area contributed by atoms with E-state index in [1.54, 1.807) is 17.6 Å². The number of benzene rings is 1. The van der Waals surface area contributed by atoms with E-state index in [2.05, 4.69) is 4.98 Å². The molecule has 2 aromatic rings. The van der Waals surface area contributed by atoms with Crippen LogP contribution in [0.15, 0.2) is 12.1 Å². The minimum Gasteiger partial charge on any atom is -0.466 e. The molecule has 1 aromatic heterocycles. The quantitative estimate of drug-likeness (QED) is 0.431. The van der Waals surface area contributed by atoms with Crippen molar-refractivity contribution >= 4 is 51.2 Å². The molecule has 0 spiro atoms. The molecule has 0 aliphatic heterocycles. The minimum atomic E-state index is -0.309. The van der Waals surface area contributed by atoms with Gasteiger partial charge in [0.2, 0.25) is 0 Å². The van der Waals surface area contributed by atoms with Crippen LogP contribution in [-0.2, 0) is 22.0 Å². The van der Waals surface area contributed by atoms with Gasteiger partial charge in [-0.05, 0) is 35.6 Å². The molecule has 108 valence electrons. The van der Waals surface area contributed by atoms with Gasteiger partial charge in [-0.3, -0.25) is 4.79 Å². The second kappa shape index (κ2) is 6.71. The summed E-state index contributed by atoms with van der Waals surface area (Å²) >= 11 is 7.78. The standard InChI is InChI=1S/C13H13ClFIN2O2/c1-2-20-13(19)3-4-18-11-5-8(15)9(16)6-10(11)17-12(18)7-14/h5-6H,2-4,7H2,1H3. The number of aryl methyl sites for hydroxylation is 1. The van der Waals surface area contributed by atoms with Gasteiger partial charge in [0.25, 0.3) is 0 Å². The Morgan fingerprint density at radius 1 is 1.55 bits per heavy atom. The average Bonchev–Trinajstić information content (AvgIpc) is 2.74. The van der Waals surface area contributed by atoms with Crippen LogP contribution >= 0.6 is 34.2 Å². The molecule has 0 amide bonds. The predicted octanol–water partition coefficient (Wildman–Crippen LogP) is 3.47. The lowest BCUT2D eigenvalue weighted by molar-refractivity contribution is -0.143. The number of rotatable bonds is 5. The van der Waals surface area contributed by atoms with E-state index in [0.717, 1.165) is 0 Å². The molecule has 0 radical (unpaired) electrons. The maximum Gasteiger partial charge on any atom is 0.307 e. The molecule has 0 unspecified atom stereocenters. The minimum absolute atomic E-state index is 0.204. The van der Waals surface area contributed by atoms with Crippen LogP contribution in [0, 0.1) is 9.39 Å². The molecule has 0 bridgehead atoms. The summed E-state index contributed by atoms with van der Waals surface area (Å²) < 4.78 is 20.8. The Kier molecular flexibility index (Phi) is 5.20. The Hall–Kier alpha value is -0.890. The van der Waals surface area contributed by atoms with Crippen LogP contribution in [0.4, 0.5) is 4.39 Å². The topological polar surface area (TPSA) is 44.1 Å². The largest absolute Gasteiger partial charge is 0.466 e. The third-order valence-corrected chi connectivity index (χ3v) is 3.90. The number of nitrogens with zero attached hydrogens (tertiary/aromatic N) is 2. The van der Waals surface area contributed by atoms with Gasteiger partial charge in [-0.1, -0.05) is 0 Å². The lowest BCUT2D eigenvalue weighted by Gasteiger charge is -2.07. The molecule has 1 heterocycles. The third kappa shape index (κ3) is 3.22. The van der Waals surface area contributed by atoms with Gasteiger partial charge in [-0.15, -0.1) is 11.6 Å². The van der Waals surface area contributed by atoms with E-state index in [1.165, 1.54) is 6.07 Å². The monoisotopic (exact) mass is 410 g/mol. The van der Waals surface area contributed by atoms with Crippen molar-refractivity contribution in [2.75, 3.05) is 6.61 Å². The summed E-state index contributed by atoms with van der Waals surface area (Å²) in [7, 11) is 0. The van der Waals surface area contributed by atoms with E-state index in [0.29, 0.717) is 33.6 Å². The number of imidazole rings is 1. The number of aromatic nitrogens is 2. The molecule has 1 aromatic carbocycles. The first kappa shape index (κ1) is 15.5. The highest BCUT2D eigenvalue weighted by molar-refractivity contribution is 14.1. The first-order valence-electron chi connectivity index (χ1n) is 6.12. The van der Waals surface area contributed by atoms with Gasteiger partial charge in [-0.2, -0.15) is 0 Å². The van der Waals surface area contributed by atoms with Gasteiger partial charge in [0.15, 0.2) is 0 Å². The lowest BCUT2D eigenvalue weighted by atomic mass is 10.3. The lowest BCUT2D eigenvalue weighted by Crippen LogP contribution is -2.10. The number of esters is 1. The number of carbonyl (C=O) groups excluding carboxylic acids is 1. The summed E-state index contributed by atoms with van der Waals surface area (Å²) in [5, 5.41) is 0. The number of hydrogen-bond donors (Lipinski definition) is 0. The maximum absolute atomic E-state index is 13.7. The van der Waals surface area contributed by atoms with Crippen LogP contribution in [0.3, 0.4) is 0 Å². The Labute approximate surface area is 134 Å². The number of carbonyl (C=O) groups is 1. The molecular weight excluding hydrogens is 398 g/mol. The summed E-state index contributed by atoms with van der Waals surface area (Å²) in [6.45, 7) is 2.47. The van der Waals surface area contributed by atoms with Gasteiger partial charge in [0.05, 0.1) is 33.5 Å². The van der Waals surface area contributed by atoms with E-state index in [4.69, 9.17) is 16.3 Å². The number of alkyl halides is 1. The molecule has 0 atom stereocenters. The van der Waals surface area contributed by atoms with Gasteiger partial charge >= 0.3 is 5.97 Å². The van der Waals surface area contributed by atoms with Gasteiger partial charge in [0.1, 0.15) is 11.6 Å². The molecule has 7 heteroatoms. The highest BCUT2D eigenvalue weighted by atomic mass is 127. The van der Waals surface area contributed by atoms with E-state index in [1.807, 2.05) is 22.6 Å². The number of ether oxygens (including phenoxy) is 1. The second-order valence-corrected chi connectivity index (χ2v) is 5.55. The van der Waals surface area contributed by atoms with Crippen molar-refractivity contribution in [3.05, 3.63) is 27.3 Å². The number of hydrogen-bond acceptors (Lipinski definition) is 3. The second-order valence-electron chi connectivity index (χ2n) is 4.12. The summed E-state index contributed by atoms with van der Waals surface area (Å²) in [6, 6.07) is 3.09. The Balaban J connectivity index is 2.35. The average molecular weight is 411 g/mol. The molecular formula is C13H13ClFIN2O2. The van der Waals surface area contributed by atoms with Crippen LogP contribution in [0.25, 0.3) is 11.0 Å². The van der Waals surface area contributed by atoms with Crippen molar-refractivity contribution in [2.24, 2.45) is 0 Å². The predicted molar refractivity (Wildman–Crippen MR) is 83.2 cm³/mol. The highest BCUT2D eigenvalue weighted by Gasteiger charge is 2.14.